The number of nitrogens with zero attached hydrogens (tertiary/aromatic N) is 6. The molecule has 0 aromatic carbocycles. The molecule has 0 spiro atoms. The van der Waals surface area contributed by atoms with Crippen LogP contribution in [0.2, 0.25) is 0 Å². The normalized spacial score (nSPS) is 37.3. The standard InChI is InChI=1S/2C11H21N.C10H19NO.3C10H19N.CH4/c1-11(2,3)12-7-9-4-5-10(6-9)8-12;1-11(2,3)12-9-5-4-6-10(12)8-7-9;1-10(2,3)11-6-9-5-4-8(11)7-12-9;1-10(2,3)11-6-8-4-9(5-8)7-11;1-10(2,3)11-7-8-4-5-9(11)6-8;1-10(2,3)11-8-5-4-6-9(11)7-8;/h2*9-10H,4-8H2,1-3H3;8-9H,4-7H2,1-3H3;3*8-9H,4-7H2,1-3H3;1H4. The molecule has 11 heterocycles. The van der Waals surface area contributed by atoms with Gasteiger partial charge in [0.15, 0.2) is 0 Å². The van der Waals surface area contributed by atoms with Crippen LogP contribution in [0.15, 0.2) is 0 Å². The molecule has 7 nitrogen and oxygen atoms in total. The summed E-state index contributed by atoms with van der Waals surface area (Å²) < 4.78 is 5.66. The molecule has 0 aromatic heterocycles. The number of likely N-dealkylation sites (tertiary alicyclic amines) is 2. The van der Waals surface area contributed by atoms with Crippen LogP contribution in [-0.2, 0) is 4.74 Å². The third-order valence-electron chi connectivity index (χ3n) is 19.8. The van der Waals surface area contributed by atoms with Gasteiger partial charge in [-0.2, -0.15) is 0 Å². The molecule has 0 aromatic rings. The van der Waals surface area contributed by atoms with Crippen molar-refractivity contribution in [2.24, 2.45) is 29.6 Å². The molecule has 0 radical (unpaired) electrons. The number of ether oxygens (including phenoxy) is 1. The molecule has 7 heteroatoms. The van der Waals surface area contributed by atoms with Crippen LogP contribution in [0.5, 0.6) is 0 Å². The highest BCUT2D eigenvalue weighted by atomic mass is 16.5. The SMILES string of the molecule is C.CC(C)(C)N1C2CCCC1C2.CC(C)(C)N1C2CCCC1CC2.CC(C)(C)N1CC2CC(C2)C1.CC(C)(C)N1CC2CCC(C2)C1.CC(C)(C)N1CC2CCC1C2.CC(C)(C)N1CC2CCC1CO2. The number of morpholine rings is 1. The molecular formula is C63H122N6O. The Morgan fingerprint density at radius 1 is 0.300 bits per heavy atom. The third-order valence-corrected chi connectivity index (χ3v) is 19.8. The lowest BCUT2D eigenvalue weighted by molar-refractivity contribution is -0.133. The van der Waals surface area contributed by atoms with Gasteiger partial charge in [-0.05, 0) is 263 Å². The molecule has 10 unspecified atom stereocenters. The molecule has 410 valence electrons. The van der Waals surface area contributed by atoms with Crippen molar-refractivity contribution in [1.82, 2.24) is 29.4 Å². The monoisotopic (exact) mass is 979 g/mol. The van der Waals surface area contributed by atoms with Crippen molar-refractivity contribution >= 4 is 0 Å². The van der Waals surface area contributed by atoms with E-state index in [0.29, 0.717) is 45.4 Å². The molecule has 70 heavy (non-hydrogen) atoms. The van der Waals surface area contributed by atoms with Crippen LogP contribution >= 0.6 is 0 Å². The summed E-state index contributed by atoms with van der Waals surface area (Å²) in [5, 5.41) is 0. The quantitative estimate of drug-likeness (QED) is 0.239. The Hall–Kier alpha value is -0.280. The zero-order valence-electron chi connectivity index (χ0n) is 49.4. The predicted octanol–water partition coefficient (Wildman–Crippen LogP) is 14.4. The third kappa shape index (κ3) is 15.2. The van der Waals surface area contributed by atoms with E-state index in [0.717, 1.165) is 73.0 Å². The van der Waals surface area contributed by atoms with Crippen LogP contribution in [0.25, 0.3) is 0 Å². The highest BCUT2D eigenvalue weighted by Crippen LogP contribution is 2.45. The van der Waals surface area contributed by atoms with Crippen LogP contribution in [0, 0.1) is 29.6 Å². The molecule has 4 saturated carbocycles. The minimum Gasteiger partial charge on any atom is -0.375 e. The van der Waals surface area contributed by atoms with Crippen molar-refractivity contribution in [3.63, 3.8) is 0 Å². The molecule has 15 aliphatic rings. The fourth-order valence-electron chi connectivity index (χ4n) is 16.4. The Labute approximate surface area is 437 Å². The van der Waals surface area contributed by atoms with Crippen molar-refractivity contribution in [1.29, 1.82) is 0 Å². The maximum absolute atomic E-state index is 5.66. The summed E-state index contributed by atoms with van der Waals surface area (Å²) in [5.74, 6) is 5.20. The molecule has 10 atom stereocenters. The number of piperidine rings is 7. The highest BCUT2D eigenvalue weighted by molar-refractivity contribution is 5.03. The lowest BCUT2D eigenvalue weighted by Gasteiger charge is -2.59. The Kier molecular flexibility index (Phi) is 19.5. The molecule has 11 aliphatic heterocycles. The first-order valence-electron chi connectivity index (χ1n) is 30.2. The van der Waals surface area contributed by atoms with Crippen molar-refractivity contribution in [2.45, 2.75) is 330 Å². The fourth-order valence-corrected chi connectivity index (χ4v) is 16.4. The largest absolute Gasteiger partial charge is 0.375 e. The lowest BCUT2D eigenvalue weighted by Crippen LogP contribution is -2.65. The van der Waals surface area contributed by atoms with Gasteiger partial charge in [0, 0.05) is 109 Å². The highest BCUT2D eigenvalue weighted by Gasteiger charge is 2.47. The lowest BCUT2D eigenvalue weighted by atomic mass is 9.70. The predicted molar refractivity (Wildman–Crippen MR) is 303 cm³/mol. The first-order chi connectivity index (χ1) is 31.9. The molecule has 4 aliphatic carbocycles. The minimum atomic E-state index is 0. The van der Waals surface area contributed by atoms with E-state index in [-0.39, 0.29) is 7.43 Å². The van der Waals surface area contributed by atoms with Crippen LogP contribution < -0.4 is 0 Å². The average Bonchev–Trinajstić information content (AvgIpc) is 4.03. The van der Waals surface area contributed by atoms with Gasteiger partial charge >= 0.3 is 0 Å². The second kappa shape index (κ2) is 23.1. The first-order valence-corrected chi connectivity index (χ1v) is 30.2. The molecule has 15 fully saturated rings. The van der Waals surface area contributed by atoms with E-state index in [1.165, 1.54) is 155 Å². The molecule has 0 N–H and O–H groups in total. The summed E-state index contributed by atoms with van der Waals surface area (Å²) in [6.45, 7) is 51.0. The van der Waals surface area contributed by atoms with Gasteiger partial charge in [-0.1, -0.05) is 20.3 Å². The molecule has 0 amide bonds. The average molecular weight is 980 g/mol. The Balaban J connectivity index is 0.000000137. The van der Waals surface area contributed by atoms with E-state index in [4.69, 9.17) is 4.74 Å². The molecular weight excluding hydrogens is 857 g/mol. The van der Waals surface area contributed by atoms with Crippen molar-refractivity contribution in [2.75, 3.05) is 45.9 Å². The zero-order chi connectivity index (χ0) is 50.5. The summed E-state index contributed by atoms with van der Waals surface area (Å²) in [6.07, 6.45) is 28.3. The minimum absolute atomic E-state index is 0. The number of hydrogen-bond donors (Lipinski definition) is 0. The van der Waals surface area contributed by atoms with Crippen LogP contribution in [-0.4, -0.2) is 151 Å². The summed E-state index contributed by atoms with van der Waals surface area (Å²) >= 11 is 0. The second-order valence-corrected chi connectivity index (χ2v) is 31.5. The molecule has 15 rings (SSSR count). The van der Waals surface area contributed by atoms with Gasteiger partial charge in [0.1, 0.15) is 0 Å². The summed E-state index contributed by atoms with van der Waals surface area (Å²) in [6, 6.07) is 5.34. The molecule has 11 saturated heterocycles. The van der Waals surface area contributed by atoms with Crippen molar-refractivity contribution < 1.29 is 4.74 Å². The van der Waals surface area contributed by atoms with Gasteiger partial charge < -0.3 is 4.74 Å². The van der Waals surface area contributed by atoms with E-state index in [2.05, 4.69) is 154 Å². The van der Waals surface area contributed by atoms with Crippen LogP contribution in [0.4, 0.5) is 0 Å². The Morgan fingerprint density at radius 3 is 0.943 bits per heavy atom. The second-order valence-electron chi connectivity index (χ2n) is 31.5. The summed E-state index contributed by atoms with van der Waals surface area (Å²) in [7, 11) is 0. The molecule has 12 bridgehead atoms. The Bertz CT molecular complexity index is 1500. The van der Waals surface area contributed by atoms with Crippen LogP contribution in [0.3, 0.4) is 0 Å². The van der Waals surface area contributed by atoms with Crippen LogP contribution in [0.1, 0.15) is 254 Å². The summed E-state index contributed by atoms with van der Waals surface area (Å²) in [5.41, 5.74) is 2.39. The van der Waals surface area contributed by atoms with Gasteiger partial charge in [0.2, 0.25) is 0 Å². The topological polar surface area (TPSA) is 28.7 Å². The zero-order valence-corrected chi connectivity index (χ0v) is 49.4. The van der Waals surface area contributed by atoms with Gasteiger partial charge in [-0.15, -0.1) is 0 Å². The number of fused-ring (bicyclic) bond motifs is 13. The first kappa shape index (κ1) is 59.0. The van der Waals surface area contributed by atoms with Gasteiger partial charge in [-0.25, -0.2) is 0 Å². The number of hydrogen-bond acceptors (Lipinski definition) is 7. The van der Waals surface area contributed by atoms with Crippen molar-refractivity contribution in [3.8, 4) is 0 Å². The van der Waals surface area contributed by atoms with Gasteiger partial charge in [0.25, 0.3) is 0 Å². The van der Waals surface area contributed by atoms with Gasteiger partial charge in [-0.3, -0.25) is 29.4 Å². The van der Waals surface area contributed by atoms with E-state index >= 15 is 0 Å². The smallest absolute Gasteiger partial charge is 0.0703 e. The van der Waals surface area contributed by atoms with E-state index in [1.54, 1.807) is 0 Å². The van der Waals surface area contributed by atoms with E-state index in [9.17, 15) is 0 Å². The fraction of sp³-hybridized carbons (Fsp3) is 1.00. The van der Waals surface area contributed by atoms with E-state index < -0.39 is 0 Å². The summed E-state index contributed by atoms with van der Waals surface area (Å²) in [4.78, 5) is 16.1. The maximum Gasteiger partial charge on any atom is 0.0703 e. The number of rotatable bonds is 0. The Morgan fingerprint density at radius 2 is 0.671 bits per heavy atom. The van der Waals surface area contributed by atoms with Gasteiger partial charge in [0.05, 0.1) is 12.7 Å². The maximum atomic E-state index is 5.66. The van der Waals surface area contributed by atoms with E-state index in [1.807, 2.05) is 0 Å². The van der Waals surface area contributed by atoms with Crippen molar-refractivity contribution in [3.05, 3.63) is 0 Å².